The van der Waals surface area contributed by atoms with Gasteiger partial charge in [-0.05, 0) is 43.7 Å². The first-order chi connectivity index (χ1) is 15.4. The third-order valence-corrected chi connectivity index (χ3v) is 7.32. The molecule has 1 aromatic rings. The number of likely N-dealkylation sites (tertiary alicyclic amines) is 2. The summed E-state index contributed by atoms with van der Waals surface area (Å²) in [5.41, 5.74) is 0.607. The summed E-state index contributed by atoms with van der Waals surface area (Å²) in [5, 5.41) is 13.6. The normalized spacial score (nSPS) is 25.8. The van der Waals surface area contributed by atoms with Gasteiger partial charge in [-0.3, -0.25) is 9.69 Å². The van der Waals surface area contributed by atoms with Crippen LogP contribution in [0.2, 0.25) is 5.02 Å². The minimum atomic E-state index is -0.688. The highest BCUT2D eigenvalue weighted by atomic mass is 35.5. The molecule has 0 unspecified atom stereocenters. The van der Waals surface area contributed by atoms with Gasteiger partial charge in [-0.2, -0.15) is 0 Å². The number of piperazine rings is 1. The van der Waals surface area contributed by atoms with Gasteiger partial charge in [-0.15, -0.1) is 0 Å². The first-order valence-electron chi connectivity index (χ1n) is 11.7. The number of amides is 3. The van der Waals surface area contributed by atoms with Crippen molar-refractivity contribution in [3.8, 4) is 0 Å². The summed E-state index contributed by atoms with van der Waals surface area (Å²) in [6, 6.07) is 6.36. The van der Waals surface area contributed by atoms with E-state index >= 15 is 0 Å². The molecule has 0 spiro atoms. The summed E-state index contributed by atoms with van der Waals surface area (Å²) < 4.78 is 0. The number of rotatable bonds is 4. The van der Waals surface area contributed by atoms with E-state index in [1.165, 1.54) is 4.90 Å². The average molecular weight is 464 g/mol. The number of anilines is 1. The second-order valence-corrected chi connectivity index (χ2v) is 9.46. The number of piperidine rings is 1. The molecular formula is C23H34ClN5O3. The fraction of sp³-hybridized carbons (Fsp3) is 0.652. The minimum absolute atomic E-state index is 0.0536. The molecule has 32 heavy (non-hydrogen) atoms. The van der Waals surface area contributed by atoms with Crippen LogP contribution in [0.4, 0.5) is 10.5 Å². The van der Waals surface area contributed by atoms with E-state index in [1.54, 1.807) is 24.3 Å². The number of nitrogens with one attached hydrogen (secondary N) is 1. The molecule has 4 rings (SSSR count). The van der Waals surface area contributed by atoms with E-state index < -0.39 is 12.1 Å². The van der Waals surface area contributed by atoms with Crippen LogP contribution >= 0.6 is 11.6 Å². The molecule has 3 aliphatic rings. The van der Waals surface area contributed by atoms with Crippen molar-refractivity contribution in [1.29, 1.82) is 0 Å². The summed E-state index contributed by atoms with van der Waals surface area (Å²) >= 11 is 5.91. The number of nitrogens with zero attached hydrogens (tertiary/aromatic N) is 4. The Morgan fingerprint density at radius 3 is 2.34 bits per heavy atom. The molecule has 0 aliphatic carbocycles. The van der Waals surface area contributed by atoms with Crippen molar-refractivity contribution < 1.29 is 14.7 Å². The zero-order valence-electron chi connectivity index (χ0n) is 18.8. The first kappa shape index (κ1) is 23.3. The van der Waals surface area contributed by atoms with E-state index in [2.05, 4.69) is 22.0 Å². The lowest BCUT2D eigenvalue weighted by Crippen LogP contribution is -2.55. The highest BCUT2D eigenvalue weighted by molar-refractivity contribution is 6.30. The molecule has 176 valence electrons. The van der Waals surface area contributed by atoms with Crippen LogP contribution < -0.4 is 5.32 Å². The van der Waals surface area contributed by atoms with E-state index in [0.29, 0.717) is 29.8 Å². The topological polar surface area (TPSA) is 79.4 Å². The molecule has 1 aromatic carbocycles. The molecule has 9 heteroatoms. The molecule has 3 heterocycles. The molecule has 2 atom stereocenters. The van der Waals surface area contributed by atoms with Crippen LogP contribution in [0.3, 0.4) is 0 Å². The second kappa shape index (κ2) is 10.4. The molecule has 2 N–H and O–H groups in total. The van der Waals surface area contributed by atoms with Crippen LogP contribution in [0, 0.1) is 0 Å². The number of urea groups is 1. The van der Waals surface area contributed by atoms with Gasteiger partial charge in [0.15, 0.2) is 0 Å². The van der Waals surface area contributed by atoms with Crippen LogP contribution in [-0.2, 0) is 4.79 Å². The Balaban J connectivity index is 1.31. The maximum atomic E-state index is 13.3. The lowest BCUT2D eigenvalue weighted by Gasteiger charge is -2.43. The van der Waals surface area contributed by atoms with Crippen molar-refractivity contribution in [3.63, 3.8) is 0 Å². The zero-order valence-corrected chi connectivity index (χ0v) is 19.5. The maximum absolute atomic E-state index is 13.3. The number of aliphatic hydroxyl groups is 1. The second-order valence-electron chi connectivity index (χ2n) is 9.02. The molecule has 3 saturated heterocycles. The van der Waals surface area contributed by atoms with Gasteiger partial charge in [-0.1, -0.05) is 18.5 Å². The Kier molecular flexibility index (Phi) is 7.55. The predicted molar refractivity (Wildman–Crippen MR) is 125 cm³/mol. The van der Waals surface area contributed by atoms with Crippen molar-refractivity contribution in [3.05, 3.63) is 29.3 Å². The largest absolute Gasteiger partial charge is 0.391 e. The lowest BCUT2D eigenvalue weighted by atomic mass is 10.0. The van der Waals surface area contributed by atoms with Gasteiger partial charge in [0.25, 0.3) is 0 Å². The van der Waals surface area contributed by atoms with Crippen LogP contribution in [-0.4, -0.2) is 107 Å². The minimum Gasteiger partial charge on any atom is -0.391 e. The number of carbonyl (C=O) groups is 2. The maximum Gasteiger partial charge on any atom is 0.322 e. The van der Waals surface area contributed by atoms with Crippen LogP contribution in [0.1, 0.15) is 26.2 Å². The Hall–Kier alpha value is -1.87. The summed E-state index contributed by atoms with van der Waals surface area (Å²) in [5.74, 6) is -0.0536. The van der Waals surface area contributed by atoms with E-state index in [4.69, 9.17) is 11.6 Å². The van der Waals surface area contributed by atoms with Gasteiger partial charge in [0.05, 0.1) is 6.10 Å². The third kappa shape index (κ3) is 5.36. The standard InChI is InChI=1S/C23H34ClN5O3/c1-2-26-11-13-27(14-12-26)19-7-9-28(10-8-19)22(31)21-15-20(30)16-29(21)23(32)25-18-5-3-17(24)4-6-18/h3-6,19-21,30H,2,7-16H2,1H3,(H,25,32)/t20-,21-/m1/s1. The van der Waals surface area contributed by atoms with Gasteiger partial charge >= 0.3 is 6.03 Å². The average Bonchev–Trinajstić information content (AvgIpc) is 3.22. The zero-order chi connectivity index (χ0) is 22.7. The van der Waals surface area contributed by atoms with E-state index in [9.17, 15) is 14.7 Å². The van der Waals surface area contributed by atoms with E-state index in [0.717, 1.165) is 45.6 Å². The van der Waals surface area contributed by atoms with Crippen LogP contribution in [0.5, 0.6) is 0 Å². The third-order valence-electron chi connectivity index (χ3n) is 7.07. The number of benzene rings is 1. The Morgan fingerprint density at radius 1 is 1.06 bits per heavy atom. The van der Waals surface area contributed by atoms with E-state index in [-0.39, 0.29) is 24.9 Å². The van der Waals surface area contributed by atoms with Gasteiger partial charge in [0.1, 0.15) is 6.04 Å². The highest BCUT2D eigenvalue weighted by Crippen LogP contribution is 2.25. The number of β-amino-alcohol motifs (C(OH)–C–C–N with tert-alkyl or cyclic N) is 1. The fourth-order valence-corrected chi connectivity index (χ4v) is 5.23. The van der Waals surface area contributed by atoms with Gasteiger partial charge in [0, 0.05) is 69.0 Å². The number of hydrogen-bond donors (Lipinski definition) is 2. The fourth-order valence-electron chi connectivity index (χ4n) is 5.11. The Labute approximate surface area is 195 Å². The molecule has 0 radical (unpaired) electrons. The number of likely N-dealkylation sites (N-methyl/N-ethyl adjacent to an activating group) is 1. The van der Waals surface area contributed by atoms with Gasteiger partial charge in [0.2, 0.25) is 5.91 Å². The molecule has 3 aliphatic heterocycles. The monoisotopic (exact) mass is 463 g/mol. The Bertz CT molecular complexity index is 791. The summed E-state index contributed by atoms with van der Waals surface area (Å²) in [7, 11) is 0. The SMILES string of the molecule is CCN1CCN(C2CCN(C(=O)[C@H]3C[C@@H](O)CN3C(=O)Nc3ccc(Cl)cc3)CC2)CC1. The number of hydrogen-bond acceptors (Lipinski definition) is 5. The van der Waals surface area contributed by atoms with Gasteiger partial charge in [-0.25, -0.2) is 4.79 Å². The summed E-state index contributed by atoms with van der Waals surface area (Å²) in [4.78, 5) is 34.5. The molecular weight excluding hydrogens is 430 g/mol. The van der Waals surface area contributed by atoms with Crippen LogP contribution in [0.25, 0.3) is 0 Å². The van der Waals surface area contributed by atoms with Crippen molar-refractivity contribution in [2.75, 3.05) is 57.7 Å². The summed E-state index contributed by atoms with van der Waals surface area (Å²) in [6.07, 6.45) is 1.52. The number of aliphatic hydroxyl groups excluding tert-OH is 1. The van der Waals surface area contributed by atoms with E-state index in [1.807, 2.05) is 4.90 Å². The summed E-state index contributed by atoms with van der Waals surface area (Å²) in [6.45, 7) is 9.32. The Morgan fingerprint density at radius 2 is 1.72 bits per heavy atom. The highest BCUT2D eigenvalue weighted by Gasteiger charge is 2.42. The molecule has 3 amide bonds. The van der Waals surface area contributed by atoms with Crippen molar-refractivity contribution in [2.24, 2.45) is 0 Å². The van der Waals surface area contributed by atoms with Crippen molar-refractivity contribution in [2.45, 2.75) is 44.4 Å². The predicted octanol–water partition coefficient (Wildman–Crippen LogP) is 1.94. The molecule has 0 aromatic heterocycles. The lowest BCUT2D eigenvalue weighted by molar-refractivity contribution is -0.136. The van der Waals surface area contributed by atoms with Crippen molar-refractivity contribution in [1.82, 2.24) is 19.6 Å². The number of carbonyl (C=O) groups excluding carboxylic acids is 2. The molecule has 3 fully saturated rings. The first-order valence-corrected chi connectivity index (χ1v) is 12.1. The quantitative estimate of drug-likeness (QED) is 0.713. The molecule has 0 saturated carbocycles. The number of halogens is 1. The van der Waals surface area contributed by atoms with Crippen molar-refractivity contribution >= 4 is 29.2 Å². The molecule has 8 nitrogen and oxygen atoms in total. The molecule has 0 bridgehead atoms. The van der Waals surface area contributed by atoms with Crippen LogP contribution in [0.15, 0.2) is 24.3 Å². The smallest absolute Gasteiger partial charge is 0.322 e. The van der Waals surface area contributed by atoms with Gasteiger partial charge < -0.3 is 25.1 Å².